The van der Waals surface area contributed by atoms with Gasteiger partial charge in [0, 0.05) is 6.20 Å². The number of carbonyl (C=O) groups excluding carboxylic acids is 1. The molecule has 0 bridgehead atoms. The van der Waals surface area contributed by atoms with Crippen molar-refractivity contribution in [2.45, 2.75) is 6.92 Å². The van der Waals surface area contributed by atoms with Crippen LogP contribution in [0.15, 0.2) is 12.4 Å². The Kier molecular flexibility index (Phi) is 2.46. The topological polar surface area (TPSA) is 72.3 Å². The first kappa shape index (κ1) is 9.78. The van der Waals surface area contributed by atoms with E-state index in [1.165, 1.54) is 16.9 Å². The maximum Gasteiger partial charge on any atom is 0.342 e. The Morgan fingerprint density at radius 1 is 1.67 bits per heavy atom. The number of aromatic amines is 1. The second-order valence-electron chi connectivity index (χ2n) is 2.75. The van der Waals surface area contributed by atoms with Crippen molar-refractivity contribution in [1.29, 1.82) is 0 Å². The van der Waals surface area contributed by atoms with Crippen molar-refractivity contribution in [2.24, 2.45) is 0 Å². The molecule has 7 heteroatoms. The molecular weight excluding hydrogens is 216 g/mol. The molecule has 0 radical (unpaired) electrons. The van der Waals surface area contributed by atoms with Crippen LogP contribution in [0.3, 0.4) is 0 Å². The number of rotatable bonds is 2. The highest BCUT2D eigenvalue weighted by Crippen LogP contribution is 2.05. The summed E-state index contributed by atoms with van der Waals surface area (Å²) >= 11 is 5.09. The zero-order valence-electron chi connectivity index (χ0n) is 7.93. The van der Waals surface area contributed by atoms with E-state index in [4.69, 9.17) is 17.0 Å². The fourth-order valence-corrected chi connectivity index (χ4v) is 1.42. The lowest BCUT2D eigenvalue weighted by atomic mass is 10.3. The predicted octanol–water partition coefficient (Wildman–Crippen LogP) is 0.964. The minimum atomic E-state index is -0.473. The summed E-state index contributed by atoms with van der Waals surface area (Å²) < 4.78 is 6.60. The molecule has 2 heterocycles. The number of ether oxygens (including phenoxy) is 1. The van der Waals surface area contributed by atoms with Gasteiger partial charge in [-0.25, -0.2) is 19.5 Å². The Bertz CT molecular complexity index is 559. The van der Waals surface area contributed by atoms with Gasteiger partial charge in [-0.3, -0.25) is 0 Å². The first-order chi connectivity index (χ1) is 7.24. The van der Waals surface area contributed by atoms with E-state index in [0.717, 1.165) is 0 Å². The van der Waals surface area contributed by atoms with Crippen molar-refractivity contribution in [3.63, 3.8) is 0 Å². The Labute approximate surface area is 89.9 Å². The molecule has 0 aliphatic carbocycles. The van der Waals surface area contributed by atoms with Crippen LogP contribution >= 0.6 is 12.2 Å². The van der Waals surface area contributed by atoms with Gasteiger partial charge < -0.3 is 4.74 Å². The summed E-state index contributed by atoms with van der Waals surface area (Å²) in [5.41, 5.74) is 0.821. The van der Waals surface area contributed by atoms with Crippen molar-refractivity contribution in [2.75, 3.05) is 6.61 Å². The lowest BCUT2D eigenvalue weighted by molar-refractivity contribution is 0.0524. The maximum atomic E-state index is 11.5. The van der Waals surface area contributed by atoms with Crippen LogP contribution in [0, 0.1) is 4.64 Å². The highest BCUT2D eigenvalue weighted by molar-refractivity contribution is 7.71. The molecule has 15 heavy (non-hydrogen) atoms. The SMILES string of the molecule is CCOC(=O)c1cnc2cn[nH]n2c1=S. The minimum Gasteiger partial charge on any atom is -0.462 e. The van der Waals surface area contributed by atoms with Crippen LogP contribution < -0.4 is 0 Å². The number of fused-ring (bicyclic) bond motifs is 1. The molecule has 0 saturated carbocycles. The molecule has 0 unspecified atom stereocenters. The first-order valence-corrected chi connectivity index (χ1v) is 4.73. The zero-order valence-corrected chi connectivity index (χ0v) is 8.74. The maximum absolute atomic E-state index is 11.5. The number of nitrogens with zero attached hydrogens (tertiary/aromatic N) is 3. The number of hydrogen-bond acceptors (Lipinski definition) is 5. The van der Waals surface area contributed by atoms with Gasteiger partial charge in [-0.15, -0.1) is 0 Å². The van der Waals surface area contributed by atoms with E-state index in [1.807, 2.05) is 0 Å². The van der Waals surface area contributed by atoms with Crippen LogP contribution in [-0.2, 0) is 4.74 Å². The van der Waals surface area contributed by atoms with Gasteiger partial charge in [0.25, 0.3) is 0 Å². The predicted molar refractivity (Wildman–Crippen MR) is 54.1 cm³/mol. The molecule has 0 spiro atoms. The standard InChI is InChI=1S/C8H8N4O2S/c1-2-14-8(13)5-3-9-6-4-10-11-12(6)7(5)15/h3-4,11H,2H2,1H3. The number of carbonyl (C=O) groups is 1. The summed E-state index contributed by atoms with van der Waals surface area (Å²) in [7, 11) is 0. The molecule has 0 aliphatic heterocycles. The molecule has 6 nitrogen and oxygen atoms in total. The normalized spacial score (nSPS) is 10.5. The van der Waals surface area contributed by atoms with Gasteiger partial charge in [-0.05, 0) is 6.92 Å². The molecule has 0 saturated heterocycles. The molecule has 2 rings (SSSR count). The van der Waals surface area contributed by atoms with E-state index in [9.17, 15) is 4.79 Å². The molecule has 0 aromatic carbocycles. The van der Waals surface area contributed by atoms with Crippen LogP contribution in [-0.4, -0.2) is 32.4 Å². The molecule has 0 atom stereocenters. The third-order valence-electron chi connectivity index (χ3n) is 1.82. The van der Waals surface area contributed by atoms with Crippen molar-refractivity contribution in [3.8, 4) is 0 Å². The van der Waals surface area contributed by atoms with Gasteiger partial charge in [0.05, 0.1) is 12.8 Å². The number of esters is 1. The van der Waals surface area contributed by atoms with Gasteiger partial charge in [0.15, 0.2) is 5.65 Å². The van der Waals surface area contributed by atoms with Crippen molar-refractivity contribution >= 4 is 23.8 Å². The molecule has 1 N–H and O–H groups in total. The summed E-state index contributed by atoms with van der Waals surface area (Å²) in [4.78, 5) is 15.5. The number of H-pyrrole nitrogens is 1. The van der Waals surface area contributed by atoms with Gasteiger partial charge in [0.1, 0.15) is 10.2 Å². The van der Waals surface area contributed by atoms with E-state index in [2.05, 4.69) is 15.3 Å². The summed E-state index contributed by atoms with van der Waals surface area (Å²) in [5.74, 6) is -0.473. The van der Waals surface area contributed by atoms with Crippen LogP contribution in [0.5, 0.6) is 0 Å². The smallest absolute Gasteiger partial charge is 0.342 e. The number of nitrogens with one attached hydrogen (secondary N) is 1. The van der Waals surface area contributed by atoms with E-state index >= 15 is 0 Å². The Morgan fingerprint density at radius 3 is 3.20 bits per heavy atom. The summed E-state index contributed by atoms with van der Waals surface area (Å²) in [6.07, 6.45) is 2.91. The Morgan fingerprint density at radius 2 is 2.47 bits per heavy atom. The van der Waals surface area contributed by atoms with E-state index < -0.39 is 5.97 Å². The minimum absolute atomic E-state index is 0.258. The van der Waals surface area contributed by atoms with Gasteiger partial charge in [-0.2, -0.15) is 5.10 Å². The van der Waals surface area contributed by atoms with Crippen LogP contribution in [0.2, 0.25) is 0 Å². The first-order valence-electron chi connectivity index (χ1n) is 4.32. The van der Waals surface area contributed by atoms with E-state index in [0.29, 0.717) is 16.9 Å². The largest absolute Gasteiger partial charge is 0.462 e. The summed E-state index contributed by atoms with van der Waals surface area (Å²) in [6, 6.07) is 0. The van der Waals surface area contributed by atoms with Crippen LogP contribution in [0.25, 0.3) is 5.65 Å². The average molecular weight is 224 g/mol. The third kappa shape index (κ3) is 1.61. The van der Waals surface area contributed by atoms with Crippen molar-refractivity contribution in [1.82, 2.24) is 19.8 Å². The summed E-state index contributed by atoms with van der Waals surface area (Å²) in [6.45, 7) is 2.04. The monoisotopic (exact) mass is 224 g/mol. The van der Waals surface area contributed by atoms with Crippen LogP contribution in [0.4, 0.5) is 0 Å². The molecule has 0 fully saturated rings. The fraction of sp³-hybridized carbons (Fsp3) is 0.250. The fourth-order valence-electron chi connectivity index (χ4n) is 1.15. The highest BCUT2D eigenvalue weighted by Gasteiger charge is 2.11. The number of aromatic nitrogens is 4. The average Bonchev–Trinajstić information content (AvgIpc) is 2.67. The molecular formula is C8H8N4O2S. The van der Waals surface area contributed by atoms with Gasteiger partial charge >= 0.3 is 5.97 Å². The third-order valence-corrected chi connectivity index (χ3v) is 2.22. The number of hydrogen-bond donors (Lipinski definition) is 1. The van der Waals surface area contributed by atoms with Crippen molar-refractivity contribution < 1.29 is 9.53 Å². The zero-order chi connectivity index (χ0) is 10.8. The van der Waals surface area contributed by atoms with E-state index in [1.54, 1.807) is 6.92 Å². The second kappa shape index (κ2) is 3.77. The molecule has 0 amide bonds. The lowest BCUT2D eigenvalue weighted by Gasteiger charge is -2.01. The van der Waals surface area contributed by atoms with E-state index in [-0.39, 0.29) is 5.56 Å². The molecule has 2 aromatic rings. The van der Waals surface area contributed by atoms with Gasteiger partial charge in [0.2, 0.25) is 0 Å². The lowest BCUT2D eigenvalue weighted by Crippen LogP contribution is -2.08. The Balaban J connectivity index is 2.57. The van der Waals surface area contributed by atoms with Crippen LogP contribution in [0.1, 0.15) is 17.3 Å². The summed E-state index contributed by atoms with van der Waals surface area (Å²) in [5, 5.41) is 6.38. The molecule has 78 valence electrons. The quantitative estimate of drug-likeness (QED) is 0.607. The van der Waals surface area contributed by atoms with Crippen molar-refractivity contribution in [3.05, 3.63) is 22.6 Å². The Hall–Kier alpha value is -1.76. The second-order valence-corrected chi connectivity index (χ2v) is 3.14. The molecule has 0 aliphatic rings. The molecule has 2 aromatic heterocycles. The van der Waals surface area contributed by atoms with Gasteiger partial charge in [-0.1, -0.05) is 12.2 Å². The highest BCUT2D eigenvalue weighted by atomic mass is 32.1.